The monoisotopic (exact) mass is 538 g/mol. The molecule has 0 unspecified atom stereocenters. The number of nitriles is 1. The zero-order valence-corrected chi connectivity index (χ0v) is 22.9. The van der Waals surface area contributed by atoms with Gasteiger partial charge in [0.15, 0.2) is 0 Å². The van der Waals surface area contributed by atoms with Crippen molar-refractivity contribution in [3.8, 4) is 11.8 Å². The minimum Gasteiger partial charge on any atom is -0.494 e. The Morgan fingerprint density at radius 3 is 2.38 bits per heavy atom. The maximum Gasteiger partial charge on any atom is 0.254 e. The zero-order valence-electron chi connectivity index (χ0n) is 22.1. The number of ether oxygens (including phenoxy) is 1. The van der Waals surface area contributed by atoms with Crippen molar-refractivity contribution in [2.75, 3.05) is 23.0 Å². The van der Waals surface area contributed by atoms with Gasteiger partial charge in [0.25, 0.3) is 5.91 Å². The first-order valence-electron chi connectivity index (χ1n) is 12.6. The number of carbonyl (C=O) groups excluding carboxylic acids is 2. The number of nitrogens with zero attached hydrogens (tertiary/aromatic N) is 1. The van der Waals surface area contributed by atoms with Gasteiger partial charge in [-0.05, 0) is 50.6 Å². The van der Waals surface area contributed by atoms with Crippen molar-refractivity contribution in [3.05, 3.63) is 112 Å². The van der Waals surface area contributed by atoms with Crippen LogP contribution in [-0.4, -0.2) is 24.2 Å². The molecular weight excluding hydrogens is 508 g/mol. The minimum atomic E-state index is -0.690. The van der Waals surface area contributed by atoms with Crippen molar-refractivity contribution >= 4 is 35.0 Å². The van der Waals surface area contributed by atoms with Crippen molar-refractivity contribution in [1.29, 1.82) is 5.26 Å². The average Bonchev–Trinajstić information content (AvgIpc) is 2.93. The molecule has 8 heteroatoms. The molecule has 39 heavy (non-hydrogen) atoms. The molecule has 0 fully saturated rings. The molecule has 4 rings (SSSR count). The van der Waals surface area contributed by atoms with Crippen LogP contribution in [0.3, 0.4) is 0 Å². The molecule has 3 aromatic carbocycles. The second-order valence-corrected chi connectivity index (χ2v) is 9.88. The summed E-state index contributed by atoms with van der Waals surface area (Å²) in [5, 5.41) is 20.0. The molecule has 198 valence electrons. The van der Waals surface area contributed by atoms with E-state index < -0.39 is 5.92 Å². The summed E-state index contributed by atoms with van der Waals surface area (Å²) in [5.41, 5.74) is 4.42. The van der Waals surface area contributed by atoms with Gasteiger partial charge in [-0.25, -0.2) is 0 Å². The second kappa shape index (κ2) is 12.9. The molecule has 1 atom stereocenters. The van der Waals surface area contributed by atoms with Crippen LogP contribution in [0.4, 0.5) is 11.4 Å². The molecule has 0 saturated carbocycles. The van der Waals surface area contributed by atoms with Crippen LogP contribution in [0.15, 0.2) is 101 Å². The summed E-state index contributed by atoms with van der Waals surface area (Å²) in [7, 11) is 0. The van der Waals surface area contributed by atoms with Crippen LogP contribution < -0.4 is 20.7 Å². The standard InChI is InChI=1S/C31H30N4O3S/c1-4-38-26-17-11-9-15-23(26)29-24(18-32)31(39-19-27(36)35-25-16-10-8-12-20(25)2)33-21(3)28(29)30(37)34-22-13-6-5-7-14-22/h5-17,29,33H,4,19H2,1-3H3,(H,34,37)(H,35,36)/t29-/m0/s1. The van der Waals surface area contributed by atoms with Gasteiger partial charge in [-0.1, -0.05) is 66.4 Å². The van der Waals surface area contributed by atoms with Gasteiger partial charge in [0.2, 0.25) is 5.91 Å². The molecule has 7 nitrogen and oxygen atoms in total. The Labute approximate surface area is 233 Å². The van der Waals surface area contributed by atoms with Gasteiger partial charge in [0.05, 0.1) is 34.9 Å². The van der Waals surface area contributed by atoms with Crippen LogP contribution in [0.5, 0.6) is 5.75 Å². The number of anilines is 2. The Morgan fingerprint density at radius 2 is 1.67 bits per heavy atom. The van der Waals surface area contributed by atoms with Crippen molar-refractivity contribution in [2.45, 2.75) is 26.7 Å². The van der Waals surface area contributed by atoms with E-state index in [1.807, 2.05) is 92.7 Å². The highest BCUT2D eigenvalue weighted by Gasteiger charge is 2.36. The third-order valence-electron chi connectivity index (χ3n) is 6.22. The molecule has 3 aromatic rings. The summed E-state index contributed by atoms with van der Waals surface area (Å²) in [6, 6.07) is 26.5. The van der Waals surface area contributed by atoms with Crippen LogP contribution >= 0.6 is 11.8 Å². The lowest BCUT2D eigenvalue weighted by atomic mass is 9.81. The van der Waals surface area contributed by atoms with Crippen molar-refractivity contribution < 1.29 is 14.3 Å². The molecular formula is C31H30N4O3S. The van der Waals surface area contributed by atoms with E-state index in [0.29, 0.717) is 45.5 Å². The van der Waals surface area contributed by atoms with Gasteiger partial charge >= 0.3 is 0 Å². The van der Waals surface area contributed by atoms with Gasteiger partial charge in [0, 0.05) is 28.2 Å². The van der Waals surface area contributed by atoms with Crippen molar-refractivity contribution in [2.24, 2.45) is 0 Å². The summed E-state index contributed by atoms with van der Waals surface area (Å²) in [6.45, 7) is 6.05. The molecule has 0 spiro atoms. The van der Waals surface area contributed by atoms with E-state index in [2.05, 4.69) is 22.0 Å². The molecule has 1 heterocycles. The average molecular weight is 539 g/mol. The van der Waals surface area contributed by atoms with E-state index >= 15 is 0 Å². The molecule has 0 radical (unpaired) electrons. The number of carbonyl (C=O) groups is 2. The van der Waals surface area contributed by atoms with Gasteiger partial charge in [-0.15, -0.1) is 0 Å². The van der Waals surface area contributed by atoms with Gasteiger partial charge < -0.3 is 20.7 Å². The van der Waals surface area contributed by atoms with E-state index in [4.69, 9.17) is 4.74 Å². The minimum absolute atomic E-state index is 0.0838. The Kier molecular flexibility index (Phi) is 9.08. The number of rotatable bonds is 9. The number of nitrogens with one attached hydrogen (secondary N) is 3. The lowest BCUT2D eigenvalue weighted by Crippen LogP contribution is -2.31. The summed E-state index contributed by atoms with van der Waals surface area (Å²) in [4.78, 5) is 26.4. The molecule has 0 aromatic heterocycles. The fraction of sp³-hybridized carbons (Fsp3) is 0.194. The van der Waals surface area contributed by atoms with Crippen molar-refractivity contribution in [1.82, 2.24) is 5.32 Å². The molecule has 1 aliphatic heterocycles. The fourth-order valence-corrected chi connectivity index (χ4v) is 5.29. The van der Waals surface area contributed by atoms with Crippen LogP contribution in [0.25, 0.3) is 0 Å². The van der Waals surface area contributed by atoms with E-state index in [0.717, 1.165) is 11.3 Å². The molecule has 3 N–H and O–H groups in total. The largest absolute Gasteiger partial charge is 0.494 e. The summed E-state index contributed by atoms with van der Waals surface area (Å²) in [5.74, 6) is -0.526. The number of amides is 2. The smallest absolute Gasteiger partial charge is 0.254 e. The van der Waals surface area contributed by atoms with E-state index in [-0.39, 0.29) is 17.6 Å². The first-order chi connectivity index (χ1) is 18.9. The molecule has 0 saturated heterocycles. The first kappa shape index (κ1) is 27.6. The Morgan fingerprint density at radius 1 is 0.974 bits per heavy atom. The van der Waals surface area contributed by atoms with E-state index in [1.165, 1.54) is 11.8 Å². The maximum atomic E-state index is 13.6. The van der Waals surface area contributed by atoms with Gasteiger partial charge in [-0.3, -0.25) is 9.59 Å². The predicted octanol–water partition coefficient (Wildman–Crippen LogP) is 6.10. The van der Waals surface area contributed by atoms with Crippen LogP contribution in [0.1, 0.15) is 30.9 Å². The maximum absolute atomic E-state index is 13.6. The number of allylic oxidation sites excluding steroid dienone is 2. The molecule has 0 bridgehead atoms. The molecule has 1 aliphatic rings. The summed E-state index contributed by atoms with van der Waals surface area (Å²) < 4.78 is 5.90. The summed E-state index contributed by atoms with van der Waals surface area (Å²) in [6.07, 6.45) is 0. The van der Waals surface area contributed by atoms with Crippen LogP contribution in [0.2, 0.25) is 0 Å². The third kappa shape index (κ3) is 6.51. The van der Waals surface area contributed by atoms with E-state index in [1.54, 1.807) is 6.92 Å². The number of benzene rings is 3. The fourth-order valence-electron chi connectivity index (χ4n) is 4.40. The normalized spacial score (nSPS) is 14.8. The Hall–Kier alpha value is -4.48. The highest BCUT2D eigenvalue weighted by atomic mass is 32.2. The quantitative estimate of drug-likeness (QED) is 0.304. The van der Waals surface area contributed by atoms with Crippen molar-refractivity contribution in [3.63, 3.8) is 0 Å². The lowest BCUT2D eigenvalue weighted by molar-refractivity contribution is -0.114. The Bertz CT molecular complexity index is 1470. The second-order valence-electron chi connectivity index (χ2n) is 8.89. The van der Waals surface area contributed by atoms with Gasteiger partial charge in [0.1, 0.15) is 5.75 Å². The highest BCUT2D eigenvalue weighted by Crippen LogP contribution is 2.44. The van der Waals surface area contributed by atoms with Gasteiger partial charge in [-0.2, -0.15) is 5.26 Å². The van der Waals surface area contributed by atoms with Crippen LogP contribution in [-0.2, 0) is 9.59 Å². The lowest BCUT2D eigenvalue weighted by Gasteiger charge is -2.30. The number of thioether (sulfide) groups is 1. The number of hydrogen-bond acceptors (Lipinski definition) is 6. The number of aryl methyl sites for hydroxylation is 1. The number of dihydropyridines is 1. The predicted molar refractivity (Wildman–Crippen MR) is 156 cm³/mol. The first-order valence-corrected chi connectivity index (χ1v) is 13.6. The number of para-hydroxylation sites is 3. The Balaban J connectivity index is 1.68. The molecule has 0 aliphatic carbocycles. The number of hydrogen-bond donors (Lipinski definition) is 3. The topological polar surface area (TPSA) is 103 Å². The van der Waals surface area contributed by atoms with Crippen LogP contribution in [0, 0.1) is 18.3 Å². The zero-order chi connectivity index (χ0) is 27.8. The van der Waals surface area contributed by atoms with E-state index in [9.17, 15) is 14.9 Å². The highest BCUT2D eigenvalue weighted by molar-refractivity contribution is 8.03. The third-order valence-corrected chi connectivity index (χ3v) is 7.24. The SMILES string of the molecule is CCOc1ccccc1[C@H]1C(C#N)=C(SCC(=O)Nc2ccccc2C)NC(C)=C1C(=O)Nc1ccccc1. The summed E-state index contributed by atoms with van der Waals surface area (Å²) >= 11 is 1.23. The molecule has 2 amide bonds.